The minimum absolute atomic E-state index is 0.799. The molecule has 0 bridgehead atoms. The summed E-state index contributed by atoms with van der Waals surface area (Å²) in [7, 11) is 1.67. The standard InChI is InChI=1S/C15H19NO.C7H16/c1-4-13(2)7-5-6-12-16-14-8-10-15(17-3)11-9-14;1-3-5-7-6-4-2/h4-11,16H,1,12H2,2-3H3;3-7H2,1-2H3/b6-5+,13-7-;. The lowest BCUT2D eigenvalue weighted by molar-refractivity contribution is 0.415. The first-order valence-electron chi connectivity index (χ1n) is 9.01. The van der Waals surface area contributed by atoms with Gasteiger partial charge in [0.1, 0.15) is 5.75 Å². The molecule has 0 atom stereocenters. The van der Waals surface area contributed by atoms with E-state index in [1.807, 2.05) is 49.4 Å². The quantitative estimate of drug-likeness (QED) is 0.377. The van der Waals surface area contributed by atoms with Crippen molar-refractivity contribution in [1.29, 1.82) is 0 Å². The van der Waals surface area contributed by atoms with Crippen LogP contribution in [0.2, 0.25) is 0 Å². The van der Waals surface area contributed by atoms with Gasteiger partial charge in [0, 0.05) is 12.2 Å². The van der Waals surface area contributed by atoms with Crippen molar-refractivity contribution >= 4 is 5.69 Å². The van der Waals surface area contributed by atoms with Crippen LogP contribution < -0.4 is 10.1 Å². The van der Waals surface area contributed by atoms with Gasteiger partial charge in [0.2, 0.25) is 0 Å². The zero-order valence-corrected chi connectivity index (χ0v) is 16.0. The number of nitrogens with one attached hydrogen (secondary N) is 1. The van der Waals surface area contributed by atoms with E-state index >= 15 is 0 Å². The fourth-order valence-electron chi connectivity index (χ4n) is 1.92. The molecule has 1 rings (SSSR count). The Bertz CT molecular complexity index is 467. The molecule has 0 aliphatic carbocycles. The van der Waals surface area contributed by atoms with Gasteiger partial charge in [-0.2, -0.15) is 0 Å². The van der Waals surface area contributed by atoms with E-state index in [9.17, 15) is 0 Å². The first-order valence-corrected chi connectivity index (χ1v) is 9.01. The lowest BCUT2D eigenvalue weighted by Crippen LogP contribution is -1.97. The molecule has 1 aromatic carbocycles. The number of anilines is 1. The number of hydrogen-bond donors (Lipinski definition) is 1. The van der Waals surface area contributed by atoms with Crippen molar-refractivity contribution in [2.24, 2.45) is 0 Å². The summed E-state index contributed by atoms with van der Waals surface area (Å²) in [6.45, 7) is 11.0. The van der Waals surface area contributed by atoms with E-state index in [2.05, 4.69) is 31.8 Å². The van der Waals surface area contributed by atoms with E-state index in [-0.39, 0.29) is 0 Å². The largest absolute Gasteiger partial charge is 0.497 e. The van der Waals surface area contributed by atoms with Crippen molar-refractivity contribution < 1.29 is 4.74 Å². The lowest BCUT2D eigenvalue weighted by Gasteiger charge is -2.04. The van der Waals surface area contributed by atoms with Crippen LogP contribution in [0, 0.1) is 0 Å². The van der Waals surface area contributed by atoms with Crippen LogP contribution in [0.4, 0.5) is 5.69 Å². The van der Waals surface area contributed by atoms with E-state index in [1.54, 1.807) is 7.11 Å². The van der Waals surface area contributed by atoms with E-state index in [1.165, 1.54) is 32.1 Å². The smallest absolute Gasteiger partial charge is 0.119 e. The minimum Gasteiger partial charge on any atom is -0.497 e. The van der Waals surface area contributed by atoms with Crippen LogP contribution in [0.3, 0.4) is 0 Å². The maximum atomic E-state index is 5.09. The summed E-state index contributed by atoms with van der Waals surface area (Å²) in [6, 6.07) is 7.87. The Morgan fingerprint density at radius 3 is 2.21 bits per heavy atom. The highest BCUT2D eigenvalue weighted by molar-refractivity contribution is 5.46. The van der Waals surface area contributed by atoms with Crippen molar-refractivity contribution in [3.8, 4) is 5.75 Å². The molecule has 0 radical (unpaired) electrons. The van der Waals surface area contributed by atoms with Gasteiger partial charge in [-0.15, -0.1) is 0 Å². The van der Waals surface area contributed by atoms with Gasteiger partial charge in [-0.05, 0) is 31.2 Å². The van der Waals surface area contributed by atoms with Gasteiger partial charge in [0.25, 0.3) is 0 Å². The van der Waals surface area contributed by atoms with Gasteiger partial charge in [-0.1, -0.05) is 82.4 Å². The highest BCUT2D eigenvalue weighted by Gasteiger charge is 1.91. The van der Waals surface area contributed by atoms with Crippen molar-refractivity contribution in [3.05, 3.63) is 60.7 Å². The molecule has 0 unspecified atom stereocenters. The maximum Gasteiger partial charge on any atom is 0.119 e. The number of benzene rings is 1. The van der Waals surface area contributed by atoms with E-state index in [4.69, 9.17) is 4.74 Å². The molecule has 0 spiro atoms. The molecule has 0 aliphatic rings. The van der Waals surface area contributed by atoms with Gasteiger partial charge in [0.05, 0.1) is 7.11 Å². The second kappa shape index (κ2) is 15.9. The second-order valence-corrected chi connectivity index (χ2v) is 5.71. The minimum atomic E-state index is 0.799. The summed E-state index contributed by atoms with van der Waals surface area (Å²) >= 11 is 0. The van der Waals surface area contributed by atoms with E-state index in [0.29, 0.717) is 0 Å². The van der Waals surface area contributed by atoms with Crippen LogP contribution in [-0.4, -0.2) is 13.7 Å². The maximum absolute atomic E-state index is 5.09. The number of unbranched alkanes of at least 4 members (excludes halogenated alkanes) is 4. The Morgan fingerprint density at radius 2 is 1.71 bits per heavy atom. The number of rotatable bonds is 10. The fraction of sp³-hybridized carbons (Fsp3) is 0.455. The average molecular weight is 330 g/mol. The van der Waals surface area contributed by atoms with Crippen molar-refractivity contribution in [2.45, 2.75) is 52.9 Å². The molecule has 24 heavy (non-hydrogen) atoms. The Balaban J connectivity index is 0.000000640. The summed E-state index contributed by atoms with van der Waals surface area (Å²) in [6.07, 6.45) is 15.0. The molecule has 2 nitrogen and oxygen atoms in total. The van der Waals surface area contributed by atoms with Gasteiger partial charge < -0.3 is 10.1 Å². The summed E-state index contributed by atoms with van der Waals surface area (Å²) in [5.41, 5.74) is 2.24. The highest BCUT2D eigenvalue weighted by atomic mass is 16.5. The molecule has 0 aromatic heterocycles. The van der Waals surface area contributed by atoms with Crippen LogP contribution in [-0.2, 0) is 0 Å². The van der Waals surface area contributed by atoms with Gasteiger partial charge in [0.15, 0.2) is 0 Å². The molecule has 0 amide bonds. The topological polar surface area (TPSA) is 21.3 Å². The van der Waals surface area contributed by atoms with Gasteiger partial charge in [-0.3, -0.25) is 0 Å². The Labute approximate surface area is 149 Å². The predicted molar refractivity (Wildman–Crippen MR) is 109 cm³/mol. The van der Waals surface area contributed by atoms with Crippen molar-refractivity contribution in [3.63, 3.8) is 0 Å². The first-order chi connectivity index (χ1) is 11.7. The first kappa shape index (κ1) is 22.0. The van der Waals surface area contributed by atoms with Gasteiger partial charge in [-0.25, -0.2) is 0 Å². The predicted octanol–water partition coefficient (Wildman–Crippen LogP) is 6.77. The third-order valence-electron chi connectivity index (χ3n) is 3.54. The van der Waals surface area contributed by atoms with Crippen LogP contribution >= 0.6 is 0 Å². The summed E-state index contributed by atoms with van der Waals surface area (Å²) < 4.78 is 5.09. The number of hydrogen-bond acceptors (Lipinski definition) is 2. The number of ether oxygens (including phenoxy) is 1. The lowest BCUT2D eigenvalue weighted by atomic mass is 10.2. The third-order valence-corrected chi connectivity index (χ3v) is 3.54. The summed E-state index contributed by atoms with van der Waals surface area (Å²) in [5.74, 6) is 0.871. The Kier molecular flexibility index (Phi) is 14.6. The number of allylic oxidation sites excluding steroid dienone is 4. The molecule has 2 heteroatoms. The zero-order valence-electron chi connectivity index (χ0n) is 16.0. The molecular weight excluding hydrogens is 294 g/mol. The van der Waals surface area contributed by atoms with Gasteiger partial charge >= 0.3 is 0 Å². The molecule has 0 aliphatic heterocycles. The fourth-order valence-corrected chi connectivity index (χ4v) is 1.92. The third kappa shape index (κ3) is 12.6. The molecule has 134 valence electrons. The summed E-state index contributed by atoms with van der Waals surface area (Å²) in [4.78, 5) is 0. The SMILES string of the molecule is C=C/C(C)=C\C=C\CNc1ccc(OC)cc1.CCCCCCC. The molecule has 1 aromatic rings. The van der Waals surface area contributed by atoms with Crippen LogP contribution in [0.1, 0.15) is 52.9 Å². The highest BCUT2D eigenvalue weighted by Crippen LogP contribution is 2.14. The van der Waals surface area contributed by atoms with E-state index in [0.717, 1.165) is 23.6 Å². The average Bonchev–Trinajstić information content (AvgIpc) is 2.62. The monoisotopic (exact) mass is 329 g/mol. The molecule has 0 heterocycles. The van der Waals surface area contributed by atoms with Crippen LogP contribution in [0.25, 0.3) is 0 Å². The number of methoxy groups -OCH3 is 1. The van der Waals surface area contributed by atoms with Crippen LogP contribution in [0.15, 0.2) is 60.7 Å². The second-order valence-electron chi connectivity index (χ2n) is 5.71. The van der Waals surface area contributed by atoms with Crippen LogP contribution in [0.5, 0.6) is 5.75 Å². The Hall–Kier alpha value is -1.96. The van der Waals surface area contributed by atoms with Crippen molar-refractivity contribution in [1.82, 2.24) is 0 Å². The summed E-state index contributed by atoms with van der Waals surface area (Å²) in [5, 5.41) is 3.29. The molecular formula is C22H35NO. The Morgan fingerprint density at radius 1 is 1.08 bits per heavy atom. The molecule has 0 saturated heterocycles. The van der Waals surface area contributed by atoms with E-state index < -0.39 is 0 Å². The van der Waals surface area contributed by atoms with Crippen molar-refractivity contribution in [2.75, 3.05) is 19.0 Å². The zero-order chi connectivity index (χ0) is 18.0. The normalized spacial score (nSPS) is 10.9. The molecule has 1 N–H and O–H groups in total. The molecule has 0 saturated carbocycles. The molecule has 0 fully saturated rings.